The number of hydrogen-bond donors (Lipinski definition) is 9. The van der Waals surface area contributed by atoms with Crippen molar-refractivity contribution in [1.82, 2.24) is 30.2 Å². The van der Waals surface area contributed by atoms with Crippen molar-refractivity contribution in [3.8, 4) is 0 Å². The zero-order chi connectivity index (χ0) is 38.4. The Balaban J connectivity index is 1.25. The molecule has 3 aliphatic rings. The van der Waals surface area contributed by atoms with E-state index in [4.69, 9.17) is 29.5 Å². The molecule has 3 fully saturated rings. The highest BCUT2D eigenvalue weighted by molar-refractivity contribution is 8.00. The van der Waals surface area contributed by atoms with E-state index in [1.165, 1.54) is 17.2 Å². The van der Waals surface area contributed by atoms with E-state index in [2.05, 4.69) is 39.5 Å². The molecule has 9 atom stereocenters. The van der Waals surface area contributed by atoms with Crippen LogP contribution in [-0.4, -0.2) is 117 Å². The van der Waals surface area contributed by atoms with Crippen molar-refractivity contribution >= 4 is 64.2 Å². The van der Waals surface area contributed by atoms with E-state index in [9.17, 15) is 38.2 Å². The Morgan fingerprint density at radius 2 is 1.81 bits per heavy atom. The molecule has 0 aromatic carbocycles. The fourth-order valence-electron chi connectivity index (χ4n) is 6.17. The number of phosphoric acid groups is 3. The molecule has 2 aromatic heterocycles. The van der Waals surface area contributed by atoms with E-state index >= 15 is 0 Å². The second kappa shape index (κ2) is 18.1. The van der Waals surface area contributed by atoms with E-state index in [0.717, 1.165) is 37.9 Å². The average Bonchev–Trinajstić information content (AvgIpc) is 3.82. The third-order valence-corrected chi connectivity index (χ3v) is 13.8. The van der Waals surface area contributed by atoms with E-state index in [-0.39, 0.29) is 35.4 Å². The van der Waals surface area contributed by atoms with Crippen molar-refractivity contribution in [2.24, 2.45) is 5.73 Å². The molecule has 23 nitrogen and oxygen atoms in total. The maximum Gasteiger partial charge on any atom is 0.490 e. The van der Waals surface area contributed by atoms with Crippen molar-refractivity contribution in [3.05, 3.63) is 12.7 Å². The van der Waals surface area contributed by atoms with Crippen molar-refractivity contribution < 1.29 is 70.6 Å². The summed E-state index contributed by atoms with van der Waals surface area (Å²) in [6.45, 7) is 0.212. The van der Waals surface area contributed by atoms with Gasteiger partial charge in [0.1, 0.15) is 18.5 Å². The third kappa shape index (κ3) is 11.6. The van der Waals surface area contributed by atoms with Crippen LogP contribution in [0.4, 0.5) is 10.6 Å². The molecule has 27 heteroatoms. The number of hydrogen-bond acceptors (Lipinski definition) is 17. The maximum atomic E-state index is 13.0. The van der Waals surface area contributed by atoms with Crippen molar-refractivity contribution in [2.75, 3.05) is 30.8 Å². The number of nitrogens with two attached hydrogens (primary N) is 1. The second-order valence-electron chi connectivity index (χ2n) is 12.4. The maximum absolute atomic E-state index is 13.0. The summed E-state index contributed by atoms with van der Waals surface area (Å²) in [7, 11) is -17.0. The molecule has 5 heterocycles. The summed E-state index contributed by atoms with van der Waals surface area (Å²) in [5.41, 5.74) is 6.09. The summed E-state index contributed by atoms with van der Waals surface area (Å²) >= 11 is 1.73. The van der Waals surface area contributed by atoms with Crippen LogP contribution in [0.25, 0.3) is 11.2 Å². The number of phosphoric ester groups is 1. The van der Waals surface area contributed by atoms with E-state index in [1.807, 2.05) is 0 Å². The monoisotopic (exact) mass is 832 g/mol. The molecule has 298 valence electrons. The standard InChI is InChI=1S/C26H43N8O15P3S/c27-9-5-1-2-6-10-28-23-20-24(30-13-29-23)34(14-31-20)25-21(36)22(16(46-25)11-45-51(41,42)49-52(43,44)48-50(38,39)40)47-18(35)8-4-3-7-17-19-15(12-53-17)32-26(37)33-19/h13-17,19,21-22,25,36H,1-12,27H2,(H,41,42)(H,43,44)(H,28,29,30)(H2,32,33,37)(H2,38,39,40)/t15-,16+,17-,19-,21+,22+,25+/m0/s1. The van der Waals surface area contributed by atoms with Gasteiger partial charge in [0.2, 0.25) is 0 Å². The van der Waals surface area contributed by atoms with E-state index < -0.39 is 60.6 Å². The normalized spacial score (nSPS) is 27.9. The van der Waals surface area contributed by atoms with Crippen molar-refractivity contribution in [2.45, 2.75) is 93.2 Å². The first kappa shape index (κ1) is 41.9. The number of ether oxygens (including phenoxy) is 2. The Morgan fingerprint density at radius 3 is 2.57 bits per heavy atom. The summed E-state index contributed by atoms with van der Waals surface area (Å²) in [5, 5.41) is 20.6. The Kier molecular flexibility index (Phi) is 14.3. The van der Waals surface area contributed by atoms with Crippen LogP contribution in [0.2, 0.25) is 0 Å². The minimum absolute atomic E-state index is 0.000327. The molecular weight excluding hydrogens is 789 g/mol. The van der Waals surface area contributed by atoms with Crippen LogP contribution in [0.15, 0.2) is 12.7 Å². The molecule has 53 heavy (non-hydrogen) atoms. The van der Waals surface area contributed by atoms with Crippen LogP contribution in [0.3, 0.4) is 0 Å². The topological polar surface area (TPSA) is 338 Å². The van der Waals surface area contributed by atoms with Gasteiger partial charge in [-0.3, -0.25) is 13.9 Å². The number of amides is 2. The number of rotatable bonds is 21. The molecule has 2 unspecified atom stereocenters. The van der Waals surface area contributed by atoms with Crippen LogP contribution in [0.1, 0.15) is 57.6 Å². The summed E-state index contributed by atoms with van der Waals surface area (Å²) in [6.07, 6.45) is 1.93. The lowest BCUT2D eigenvalue weighted by Gasteiger charge is -2.22. The number of anilines is 1. The number of aliphatic hydroxyl groups is 1. The summed E-state index contributed by atoms with van der Waals surface area (Å²) in [5.74, 6) is 0.445. The van der Waals surface area contributed by atoms with Gasteiger partial charge in [-0.05, 0) is 32.2 Å². The summed E-state index contributed by atoms with van der Waals surface area (Å²) in [4.78, 5) is 74.7. The molecule has 3 aliphatic heterocycles. The summed E-state index contributed by atoms with van der Waals surface area (Å²) < 4.78 is 60.4. The first-order valence-corrected chi connectivity index (χ1v) is 22.2. The SMILES string of the molecule is NCCCCCCNc1ncnc2c1ncn2[C@@H]1O[C@H](COP(=O)(O)OP(=O)(O)OP(=O)(O)O)[C@@H](OC(=O)CCCC[C@@H]2SC[C@@H]3NC(=O)N[C@@H]32)[C@H]1O. The molecule has 0 bridgehead atoms. The number of thioether (sulfide) groups is 1. The predicted octanol–water partition coefficient (Wildman–Crippen LogP) is 0.997. The average molecular weight is 833 g/mol. The molecule has 2 aromatic rings. The van der Waals surface area contributed by atoms with E-state index in [1.54, 1.807) is 11.8 Å². The number of esters is 1. The van der Waals surface area contributed by atoms with Gasteiger partial charge in [-0.2, -0.15) is 20.4 Å². The van der Waals surface area contributed by atoms with E-state index in [0.29, 0.717) is 37.3 Å². The molecule has 0 aliphatic carbocycles. The van der Waals surface area contributed by atoms with Crippen LogP contribution < -0.4 is 21.7 Å². The van der Waals surface area contributed by atoms with Crippen molar-refractivity contribution in [3.63, 3.8) is 0 Å². The molecule has 10 N–H and O–H groups in total. The number of unbranched alkanes of at least 4 members (excludes halogenated alkanes) is 4. The minimum atomic E-state index is -5.82. The van der Waals surface area contributed by atoms with Crippen LogP contribution in [0.5, 0.6) is 0 Å². The molecule has 0 spiro atoms. The van der Waals surface area contributed by atoms with Gasteiger partial charge in [-0.1, -0.05) is 19.3 Å². The zero-order valence-corrected chi connectivity index (χ0v) is 31.6. The lowest BCUT2D eigenvalue weighted by Crippen LogP contribution is -2.38. The number of nitrogens with one attached hydrogen (secondary N) is 3. The molecule has 0 saturated carbocycles. The van der Waals surface area contributed by atoms with Gasteiger partial charge < -0.3 is 55.8 Å². The van der Waals surface area contributed by atoms with Crippen LogP contribution in [0, 0.1) is 0 Å². The zero-order valence-electron chi connectivity index (χ0n) is 28.1. The first-order chi connectivity index (χ1) is 25.1. The van der Waals surface area contributed by atoms with Gasteiger partial charge in [-0.15, -0.1) is 0 Å². The number of urea groups is 1. The summed E-state index contributed by atoms with van der Waals surface area (Å²) in [6, 6.07) is -0.148. The number of nitrogens with zero attached hydrogens (tertiary/aromatic N) is 4. The highest BCUT2D eigenvalue weighted by Crippen LogP contribution is 2.66. The number of aromatic nitrogens is 4. The lowest BCUT2D eigenvalue weighted by atomic mass is 10.0. The number of carbonyl (C=O) groups excluding carboxylic acids is 2. The highest BCUT2D eigenvalue weighted by Gasteiger charge is 2.50. The molecule has 0 radical (unpaired) electrons. The fraction of sp³-hybridized carbons (Fsp3) is 0.731. The van der Waals surface area contributed by atoms with Gasteiger partial charge >= 0.3 is 35.5 Å². The number of imidazole rings is 1. The largest absolute Gasteiger partial charge is 0.490 e. The first-order valence-electron chi connectivity index (χ1n) is 16.7. The Labute approximate surface area is 306 Å². The lowest BCUT2D eigenvalue weighted by molar-refractivity contribution is -0.156. The van der Waals surface area contributed by atoms with Gasteiger partial charge in [0.25, 0.3) is 0 Å². The fourth-order valence-corrected chi connectivity index (χ4v) is 10.7. The van der Waals surface area contributed by atoms with Gasteiger partial charge in [0.15, 0.2) is 29.3 Å². The van der Waals surface area contributed by atoms with Crippen LogP contribution in [-0.2, 0) is 41.1 Å². The second-order valence-corrected chi connectivity index (χ2v) is 18.1. The third-order valence-electron chi connectivity index (χ3n) is 8.51. The number of aliphatic hydroxyl groups excluding tert-OH is 1. The van der Waals surface area contributed by atoms with Gasteiger partial charge in [0.05, 0.1) is 25.0 Å². The molecule has 2 amide bonds. The highest BCUT2D eigenvalue weighted by atomic mass is 32.2. The Hall–Kier alpha value is -2.27. The Morgan fingerprint density at radius 1 is 1.04 bits per heavy atom. The minimum Gasteiger partial charge on any atom is -0.457 e. The molecule has 3 saturated heterocycles. The Bertz CT molecular complexity index is 1740. The molecular formula is C26H43N8O15P3S. The van der Waals surface area contributed by atoms with Crippen molar-refractivity contribution in [1.29, 1.82) is 0 Å². The van der Waals surface area contributed by atoms with Crippen LogP contribution >= 0.6 is 35.2 Å². The quantitative estimate of drug-likeness (QED) is 0.0366. The smallest absolute Gasteiger partial charge is 0.457 e. The van der Waals surface area contributed by atoms with Gasteiger partial charge in [0, 0.05) is 24.0 Å². The molecule has 5 rings (SSSR count). The predicted molar refractivity (Wildman–Crippen MR) is 185 cm³/mol. The number of fused-ring (bicyclic) bond motifs is 2. The van der Waals surface area contributed by atoms with Gasteiger partial charge in [-0.25, -0.2) is 33.4 Å². The number of carbonyl (C=O) groups is 2.